The summed E-state index contributed by atoms with van der Waals surface area (Å²) >= 11 is 6.23. The lowest BCUT2D eigenvalue weighted by Gasteiger charge is -2.35. The van der Waals surface area contributed by atoms with Gasteiger partial charge in [-0.3, -0.25) is 14.7 Å². The zero-order valence-electron chi connectivity index (χ0n) is 17.6. The normalized spacial score (nSPS) is 14.6. The van der Waals surface area contributed by atoms with E-state index in [-0.39, 0.29) is 5.91 Å². The number of carbonyl (C=O) groups excluding carboxylic acids is 1. The van der Waals surface area contributed by atoms with E-state index in [9.17, 15) is 4.79 Å². The van der Waals surface area contributed by atoms with Crippen molar-refractivity contribution in [3.63, 3.8) is 0 Å². The predicted octanol–water partition coefficient (Wildman–Crippen LogP) is 4.91. The Morgan fingerprint density at radius 2 is 1.66 bits per heavy atom. The van der Waals surface area contributed by atoms with Crippen LogP contribution in [-0.2, 0) is 6.54 Å². The molecule has 4 aromatic rings. The summed E-state index contributed by atoms with van der Waals surface area (Å²) in [5, 5.41) is 1.42. The van der Waals surface area contributed by atoms with Gasteiger partial charge in [-0.25, -0.2) is 4.98 Å². The summed E-state index contributed by atoms with van der Waals surface area (Å²) in [6.07, 6.45) is 3.46. The van der Waals surface area contributed by atoms with Gasteiger partial charge in [0.1, 0.15) is 0 Å². The van der Waals surface area contributed by atoms with Crippen LogP contribution >= 0.6 is 11.6 Å². The number of pyridine rings is 2. The second-order valence-corrected chi connectivity index (χ2v) is 8.44. The minimum Gasteiger partial charge on any atom is -0.336 e. The molecular formula is C26H23ClN4O. The number of carbonyl (C=O) groups is 1. The molecule has 0 spiro atoms. The van der Waals surface area contributed by atoms with Gasteiger partial charge >= 0.3 is 0 Å². The summed E-state index contributed by atoms with van der Waals surface area (Å²) in [6.45, 7) is 4.02. The summed E-state index contributed by atoms with van der Waals surface area (Å²) in [6, 6.07) is 21.7. The van der Waals surface area contributed by atoms with Crippen molar-refractivity contribution in [2.24, 2.45) is 0 Å². The van der Waals surface area contributed by atoms with Crippen LogP contribution in [0.4, 0.5) is 0 Å². The molecule has 32 heavy (non-hydrogen) atoms. The van der Waals surface area contributed by atoms with Gasteiger partial charge < -0.3 is 4.90 Å². The molecule has 0 N–H and O–H groups in total. The zero-order chi connectivity index (χ0) is 21.9. The highest BCUT2D eigenvalue weighted by Gasteiger charge is 2.24. The number of benzene rings is 2. The molecule has 1 saturated heterocycles. The van der Waals surface area contributed by atoms with Crippen LogP contribution in [0.5, 0.6) is 0 Å². The Hall–Kier alpha value is -3.28. The third-order valence-electron chi connectivity index (χ3n) is 5.89. The van der Waals surface area contributed by atoms with Crippen LogP contribution in [0, 0.1) is 0 Å². The van der Waals surface area contributed by atoms with E-state index in [1.165, 1.54) is 5.56 Å². The third-order valence-corrected chi connectivity index (χ3v) is 6.12. The van der Waals surface area contributed by atoms with Gasteiger partial charge in [0.2, 0.25) is 0 Å². The molecule has 6 heteroatoms. The molecule has 2 aromatic carbocycles. The minimum absolute atomic E-state index is 0.0365. The maximum Gasteiger partial charge on any atom is 0.254 e. The molecule has 2 aromatic heterocycles. The predicted molar refractivity (Wildman–Crippen MR) is 128 cm³/mol. The molecule has 0 radical (unpaired) electrons. The van der Waals surface area contributed by atoms with E-state index in [1.54, 1.807) is 12.4 Å². The van der Waals surface area contributed by atoms with Crippen molar-refractivity contribution in [3.05, 3.63) is 95.3 Å². The second-order valence-electron chi connectivity index (χ2n) is 8.01. The smallest absolute Gasteiger partial charge is 0.254 e. The molecule has 1 amide bonds. The fourth-order valence-corrected chi connectivity index (χ4v) is 4.34. The van der Waals surface area contributed by atoms with Crippen LogP contribution in [0.2, 0.25) is 5.02 Å². The van der Waals surface area contributed by atoms with Crippen molar-refractivity contribution >= 4 is 28.4 Å². The van der Waals surface area contributed by atoms with Gasteiger partial charge in [0, 0.05) is 61.1 Å². The first-order valence-corrected chi connectivity index (χ1v) is 11.1. The van der Waals surface area contributed by atoms with E-state index < -0.39 is 0 Å². The lowest BCUT2D eigenvalue weighted by atomic mass is 10.0. The fourth-order valence-electron chi connectivity index (χ4n) is 4.17. The Labute approximate surface area is 192 Å². The van der Waals surface area contributed by atoms with Crippen molar-refractivity contribution in [2.45, 2.75) is 6.54 Å². The molecule has 3 heterocycles. The first-order valence-electron chi connectivity index (χ1n) is 10.7. The molecule has 5 nitrogen and oxygen atoms in total. The lowest BCUT2D eigenvalue weighted by molar-refractivity contribution is 0.0630. The number of rotatable bonds is 4. The average molecular weight is 443 g/mol. The molecule has 160 valence electrons. The van der Waals surface area contributed by atoms with Crippen molar-refractivity contribution in [3.8, 4) is 11.3 Å². The van der Waals surface area contributed by atoms with Gasteiger partial charge in [-0.05, 0) is 35.9 Å². The maximum atomic E-state index is 13.6. The summed E-state index contributed by atoms with van der Waals surface area (Å²) in [4.78, 5) is 26.8. The Morgan fingerprint density at radius 3 is 2.41 bits per heavy atom. The first-order chi connectivity index (χ1) is 15.7. The Balaban J connectivity index is 1.41. The van der Waals surface area contributed by atoms with Crippen LogP contribution in [0.3, 0.4) is 0 Å². The molecule has 5 rings (SSSR count). The van der Waals surface area contributed by atoms with Crippen molar-refractivity contribution < 1.29 is 4.79 Å². The van der Waals surface area contributed by atoms with Gasteiger partial charge in [-0.15, -0.1) is 0 Å². The number of fused-ring (bicyclic) bond motifs is 1. The highest BCUT2D eigenvalue weighted by molar-refractivity contribution is 6.31. The van der Waals surface area contributed by atoms with Gasteiger partial charge in [-0.2, -0.15) is 0 Å². The highest BCUT2D eigenvalue weighted by atomic mass is 35.5. The molecule has 1 fully saturated rings. The summed E-state index contributed by atoms with van der Waals surface area (Å²) in [7, 11) is 0. The molecular weight excluding hydrogens is 420 g/mol. The van der Waals surface area contributed by atoms with E-state index >= 15 is 0 Å². The standard InChI is InChI=1S/C26H23ClN4O/c27-21-6-7-22-23(17-24(29-25(22)16-21)20-8-10-28-11-9-20)26(32)31-14-12-30(13-15-31)18-19-4-2-1-3-5-19/h1-11,16-17H,12-15,18H2. The van der Waals surface area contributed by atoms with Gasteiger partial charge in [-0.1, -0.05) is 48.0 Å². The summed E-state index contributed by atoms with van der Waals surface area (Å²) < 4.78 is 0. The number of hydrogen-bond donors (Lipinski definition) is 0. The third kappa shape index (κ3) is 4.35. The molecule has 0 unspecified atom stereocenters. The van der Waals surface area contributed by atoms with Gasteiger partial charge in [0.25, 0.3) is 5.91 Å². The Morgan fingerprint density at radius 1 is 0.906 bits per heavy atom. The largest absolute Gasteiger partial charge is 0.336 e. The number of aromatic nitrogens is 2. The van der Waals surface area contributed by atoms with Crippen molar-refractivity contribution in [2.75, 3.05) is 26.2 Å². The fraction of sp³-hybridized carbons (Fsp3) is 0.192. The summed E-state index contributed by atoms with van der Waals surface area (Å²) in [5.41, 5.74) is 4.34. The molecule has 0 atom stereocenters. The van der Waals surface area contributed by atoms with Gasteiger partial charge in [0.15, 0.2) is 0 Å². The first kappa shape index (κ1) is 20.6. The second kappa shape index (κ2) is 9.07. The molecule has 0 aliphatic carbocycles. The quantitative estimate of drug-likeness (QED) is 0.450. The van der Waals surface area contributed by atoms with E-state index in [4.69, 9.17) is 16.6 Å². The van der Waals surface area contributed by atoms with E-state index in [0.29, 0.717) is 23.7 Å². The van der Waals surface area contributed by atoms with Crippen molar-refractivity contribution in [1.82, 2.24) is 19.8 Å². The van der Waals surface area contributed by atoms with Crippen LogP contribution in [0.25, 0.3) is 22.2 Å². The van der Waals surface area contributed by atoms with E-state index in [0.717, 1.165) is 41.8 Å². The zero-order valence-corrected chi connectivity index (χ0v) is 18.4. The Bertz CT molecular complexity index is 1240. The lowest BCUT2D eigenvalue weighted by Crippen LogP contribution is -2.48. The minimum atomic E-state index is 0.0365. The Kier molecular flexibility index (Phi) is 5.84. The maximum absolute atomic E-state index is 13.6. The summed E-state index contributed by atoms with van der Waals surface area (Å²) in [5.74, 6) is 0.0365. The van der Waals surface area contributed by atoms with E-state index in [1.807, 2.05) is 47.4 Å². The number of nitrogens with zero attached hydrogens (tertiary/aromatic N) is 4. The topological polar surface area (TPSA) is 49.3 Å². The van der Waals surface area contributed by atoms with Gasteiger partial charge in [0.05, 0.1) is 16.8 Å². The van der Waals surface area contributed by atoms with Crippen LogP contribution < -0.4 is 0 Å². The number of amides is 1. The SMILES string of the molecule is O=C(c1cc(-c2ccncc2)nc2cc(Cl)ccc12)N1CCN(Cc2ccccc2)CC1. The van der Waals surface area contributed by atoms with Crippen LogP contribution in [-0.4, -0.2) is 51.9 Å². The van der Waals surface area contributed by atoms with E-state index in [2.05, 4.69) is 34.1 Å². The number of piperazine rings is 1. The number of hydrogen-bond acceptors (Lipinski definition) is 4. The van der Waals surface area contributed by atoms with Crippen molar-refractivity contribution in [1.29, 1.82) is 0 Å². The monoisotopic (exact) mass is 442 g/mol. The number of halogens is 1. The van der Waals surface area contributed by atoms with Crippen LogP contribution in [0.15, 0.2) is 79.1 Å². The molecule has 0 bridgehead atoms. The molecule has 1 aliphatic heterocycles. The van der Waals surface area contributed by atoms with Crippen LogP contribution in [0.1, 0.15) is 15.9 Å². The molecule has 1 aliphatic rings. The average Bonchev–Trinajstić information content (AvgIpc) is 2.84. The molecule has 0 saturated carbocycles. The highest BCUT2D eigenvalue weighted by Crippen LogP contribution is 2.28.